The van der Waals surface area contributed by atoms with E-state index >= 15 is 0 Å². The number of rotatable bonds is 3. The van der Waals surface area contributed by atoms with Crippen LogP contribution in [0.1, 0.15) is 46.7 Å². The molecule has 0 N–H and O–H groups in total. The van der Waals surface area contributed by atoms with E-state index in [-0.39, 0.29) is 6.09 Å². The number of nitrogens with zero attached hydrogens (tertiary/aromatic N) is 6. The first-order valence-corrected chi connectivity index (χ1v) is 12.1. The number of hydrogen-bond acceptors (Lipinski definition) is 6. The van der Waals surface area contributed by atoms with E-state index in [0.717, 1.165) is 39.6 Å². The summed E-state index contributed by atoms with van der Waals surface area (Å²) in [4.78, 5) is 23.7. The van der Waals surface area contributed by atoms with Crippen molar-refractivity contribution in [2.24, 2.45) is 7.05 Å². The number of ether oxygens (including phenoxy) is 1. The minimum absolute atomic E-state index is 0.294. The molecule has 3 aromatic heterocycles. The predicted octanol–water partition coefficient (Wildman–Crippen LogP) is 4.90. The molecule has 9 heteroatoms. The van der Waals surface area contributed by atoms with E-state index in [2.05, 4.69) is 20.6 Å². The van der Waals surface area contributed by atoms with Gasteiger partial charge in [0.05, 0.1) is 30.3 Å². The molecule has 32 heavy (non-hydrogen) atoms. The summed E-state index contributed by atoms with van der Waals surface area (Å²) in [5.41, 5.74) is 4.08. The first-order valence-electron chi connectivity index (χ1n) is 10.8. The first kappa shape index (κ1) is 23.8. The maximum atomic E-state index is 12.6. The zero-order valence-corrected chi connectivity index (χ0v) is 20.7. The number of thioether (sulfide) groups is 1. The van der Waals surface area contributed by atoms with E-state index in [1.165, 1.54) is 0 Å². The molecule has 0 bridgehead atoms. The lowest BCUT2D eigenvalue weighted by Crippen LogP contribution is -2.39. The number of hydrogen-bond donors (Lipinski definition) is 0. The zero-order chi connectivity index (χ0) is 23.5. The average Bonchev–Trinajstić information content (AvgIpc) is 3.39. The largest absolute Gasteiger partial charge is 0.444 e. The number of fused-ring (bicyclic) bond motifs is 1. The van der Waals surface area contributed by atoms with Crippen LogP contribution in [0.25, 0.3) is 22.5 Å². The Morgan fingerprint density at radius 2 is 1.94 bits per heavy atom. The third-order valence-corrected chi connectivity index (χ3v) is 5.45. The molecular weight excluding hydrogens is 424 g/mol. The van der Waals surface area contributed by atoms with Gasteiger partial charge in [0.2, 0.25) is 0 Å². The minimum Gasteiger partial charge on any atom is -0.444 e. The lowest BCUT2D eigenvalue weighted by atomic mass is 10.1. The van der Waals surface area contributed by atoms with Gasteiger partial charge >= 0.3 is 6.09 Å². The van der Waals surface area contributed by atoms with Crippen LogP contribution in [0.3, 0.4) is 0 Å². The van der Waals surface area contributed by atoms with Crippen molar-refractivity contribution in [1.82, 2.24) is 29.0 Å². The van der Waals surface area contributed by atoms with Gasteiger partial charge in [0, 0.05) is 31.5 Å². The highest BCUT2D eigenvalue weighted by Gasteiger charge is 2.26. The van der Waals surface area contributed by atoms with Gasteiger partial charge in [0.25, 0.3) is 0 Å². The van der Waals surface area contributed by atoms with Crippen LogP contribution in [0.15, 0.2) is 35.9 Å². The third-order valence-electron chi connectivity index (χ3n) is 4.79. The Bertz CT molecular complexity index is 1130. The first-order chi connectivity index (χ1) is 15.2. The SMILES string of the molecule is CC.CSc1nc(C2=CCCN(C(=O)OC(C)(C)C)C2)cn2c(-c3cnn(C)c3)cnc12. The molecule has 0 saturated carbocycles. The molecule has 0 atom stereocenters. The van der Waals surface area contributed by atoms with Crippen LogP contribution >= 0.6 is 11.8 Å². The van der Waals surface area contributed by atoms with Crippen molar-refractivity contribution in [3.63, 3.8) is 0 Å². The molecule has 0 aromatic carbocycles. The van der Waals surface area contributed by atoms with Gasteiger partial charge in [0.1, 0.15) is 10.6 Å². The summed E-state index contributed by atoms with van der Waals surface area (Å²) in [6, 6.07) is 0. The molecule has 1 aliphatic rings. The highest BCUT2D eigenvalue weighted by molar-refractivity contribution is 7.98. The Balaban J connectivity index is 0.00000141. The van der Waals surface area contributed by atoms with Crippen molar-refractivity contribution in [3.05, 3.63) is 36.6 Å². The molecule has 8 nitrogen and oxygen atoms in total. The molecular formula is C23H32N6O2S. The molecule has 3 aromatic rings. The van der Waals surface area contributed by atoms with Crippen LogP contribution in [0, 0.1) is 0 Å². The highest BCUT2D eigenvalue weighted by atomic mass is 32.2. The number of imidazole rings is 1. The van der Waals surface area contributed by atoms with Crippen molar-refractivity contribution in [1.29, 1.82) is 0 Å². The quantitative estimate of drug-likeness (QED) is 0.522. The molecule has 0 aliphatic carbocycles. The van der Waals surface area contributed by atoms with Crippen LogP contribution in [0.5, 0.6) is 0 Å². The fourth-order valence-corrected chi connectivity index (χ4v) is 3.95. The molecule has 4 heterocycles. The van der Waals surface area contributed by atoms with E-state index in [4.69, 9.17) is 9.72 Å². The van der Waals surface area contributed by atoms with Gasteiger partial charge in [-0.25, -0.2) is 14.8 Å². The molecule has 0 radical (unpaired) electrons. The molecule has 1 aliphatic heterocycles. The minimum atomic E-state index is -0.517. The fraction of sp³-hybridized carbons (Fsp3) is 0.478. The monoisotopic (exact) mass is 456 g/mol. The molecule has 1 amide bonds. The smallest absolute Gasteiger partial charge is 0.410 e. The lowest BCUT2D eigenvalue weighted by Gasteiger charge is -2.30. The van der Waals surface area contributed by atoms with E-state index in [1.54, 1.807) is 21.3 Å². The van der Waals surface area contributed by atoms with E-state index in [1.807, 2.05) is 72.7 Å². The molecule has 4 rings (SSSR count). The molecule has 0 saturated heterocycles. The topological polar surface area (TPSA) is 77.5 Å². The number of aryl methyl sites for hydroxylation is 1. The van der Waals surface area contributed by atoms with Crippen molar-refractivity contribution in [2.75, 3.05) is 19.3 Å². The molecule has 0 spiro atoms. The van der Waals surface area contributed by atoms with Crippen molar-refractivity contribution in [3.8, 4) is 11.3 Å². The normalized spacial score (nSPS) is 14.1. The Morgan fingerprint density at radius 3 is 2.56 bits per heavy atom. The number of carbonyl (C=O) groups excluding carboxylic acids is 1. The van der Waals surface area contributed by atoms with Gasteiger partial charge in [-0.2, -0.15) is 5.10 Å². The van der Waals surface area contributed by atoms with Gasteiger partial charge in [0.15, 0.2) is 5.65 Å². The van der Waals surface area contributed by atoms with Crippen LogP contribution in [0.4, 0.5) is 4.79 Å². The molecule has 172 valence electrons. The third kappa shape index (κ3) is 5.15. The van der Waals surface area contributed by atoms with Gasteiger partial charge in [-0.05, 0) is 39.0 Å². The van der Waals surface area contributed by atoms with Crippen LogP contribution in [-0.2, 0) is 11.8 Å². The summed E-state index contributed by atoms with van der Waals surface area (Å²) in [6.07, 6.45) is 12.3. The second-order valence-corrected chi connectivity index (χ2v) is 9.09. The van der Waals surface area contributed by atoms with Crippen LogP contribution < -0.4 is 0 Å². The van der Waals surface area contributed by atoms with E-state index in [9.17, 15) is 4.79 Å². The summed E-state index contributed by atoms with van der Waals surface area (Å²) in [5, 5.41) is 5.12. The second-order valence-electron chi connectivity index (χ2n) is 8.30. The Hall–Kier alpha value is -2.81. The Labute approximate surface area is 193 Å². The van der Waals surface area contributed by atoms with E-state index in [0.29, 0.717) is 13.1 Å². The Kier molecular flexibility index (Phi) is 7.28. The van der Waals surface area contributed by atoms with Gasteiger partial charge in [-0.15, -0.1) is 11.8 Å². The molecule has 0 unspecified atom stereocenters. The average molecular weight is 457 g/mol. The Morgan fingerprint density at radius 1 is 1.19 bits per heavy atom. The van der Waals surface area contributed by atoms with E-state index < -0.39 is 5.60 Å². The van der Waals surface area contributed by atoms with Gasteiger partial charge in [-0.1, -0.05) is 19.9 Å². The highest BCUT2D eigenvalue weighted by Crippen LogP contribution is 2.29. The van der Waals surface area contributed by atoms with Crippen molar-refractivity contribution >= 4 is 29.1 Å². The zero-order valence-electron chi connectivity index (χ0n) is 19.9. The number of amides is 1. The molecule has 0 fully saturated rings. The van der Waals surface area contributed by atoms with Crippen LogP contribution in [-0.4, -0.2) is 60.1 Å². The maximum absolute atomic E-state index is 12.6. The summed E-state index contributed by atoms with van der Waals surface area (Å²) < 4.78 is 9.38. The predicted molar refractivity (Wildman–Crippen MR) is 129 cm³/mol. The summed E-state index contributed by atoms with van der Waals surface area (Å²) in [6.45, 7) is 10.8. The summed E-state index contributed by atoms with van der Waals surface area (Å²) >= 11 is 1.56. The number of aromatic nitrogens is 5. The van der Waals surface area contributed by atoms with Gasteiger partial charge in [-0.3, -0.25) is 9.08 Å². The lowest BCUT2D eigenvalue weighted by molar-refractivity contribution is 0.0273. The maximum Gasteiger partial charge on any atom is 0.410 e. The standard InChI is InChI=1S/C21H26N6O2S.C2H6/c1-21(2,3)29-20(28)26-8-6-7-14(12-26)16-13-27-17(15-9-23-25(4)11-15)10-22-18(27)19(24-16)30-5;1-2/h7,9-11,13H,6,8,12H2,1-5H3;1-2H3. The fourth-order valence-electron chi connectivity index (χ4n) is 3.43. The second kappa shape index (κ2) is 9.77. The number of carbonyl (C=O) groups is 1. The summed E-state index contributed by atoms with van der Waals surface area (Å²) in [7, 11) is 1.89. The van der Waals surface area contributed by atoms with Crippen molar-refractivity contribution in [2.45, 2.75) is 51.7 Å². The van der Waals surface area contributed by atoms with Gasteiger partial charge < -0.3 is 9.64 Å². The van der Waals surface area contributed by atoms with Crippen molar-refractivity contribution < 1.29 is 9.53 Å². The van der Waals surface area contributed by atoms with Crippen LogP contribution in [0.2, 0.25) is 0 Å². The summed E-state index contributed by atoms with van der Waals surface area (Å²) in [5.74, 6) is 0.